The number of para-hydroxylation sites is 1. The Hall–Kier alpha value is -2.88. The average molecular weight is 346 g/mol. The molecule has 26 heavy (non-hydrogen) atoms. The van der Waals surface area contributed by atoms with E-state index in [0.717, 1.165) is 43.0 Å². The zero-order valence-corrected chi connectivity index (χ0v) is 15.5. The van der Waals surface area contributed by atoms with Gasteiger partial charge in [-0.2, -0.15) is 4.98 Å². The van der Waals surface area contributed by atoms with E-state index in [9.17, 15) is 0 Å². The van der Waals surface area contributed by atoms with E-state index in [1.165, 1.54) is 11.1 Å². The maximum absolute atomic E-state index is 4.62. The molecule has 0 spiro atoms. The monoisotopic (exact) mass is 346 g/mol. The molecule has 4 heteroatoms. The lowest BCUT2D eigenvalue weighted by Crippen LogP contribution is -2.08. The van der Waals surface area contributed by atoms with Crippen molar-refractivity contribution in [3.8, 4) is 0 Å². The Morgan fingerprint density at radius 1 is 0.923 bits per heavy atom. The van der Waals surface area contributed by atoms with Crippen LogP contribution in [0.2, 0.25) is 0 Å². The van der Waals surface area contributed by atoms with Gasteiger partial charge in [-0.15, -0.1) is 0 Å². The van der Waals surface area contributed by atoms with Crippen molar-refractivity contribution < 1.29 is 0 Å². The number of hydrogen-bond donors (Lipinski definition) is 2. The summed E-state index contributed by atoms with van der Waals surface area (Å²) in [5.74, 6) is 1.50. The normalized spacial score (nSPS) is 10.5. The molecule has 4 nitrogen and oxygen atoms in total. The second kappa shape index (κ2) is 8.99. The molecule has 0 aliphatic rings. The van der Waals surface area contributed by atoms with Gasteiger partial charge in [-0.05, 0) is 43.4 Å². The van der Waals surface area contributed by atoms with Crippen molar-refractivity contribution in [3.05, 3.63) is 77.5 Å². The number of benzene rings is 2. The minimum Gasteiger partial charge on any atom is -0.354 e. The first-order valence-corrected chi connectivity index (χ1v) is 9.23. The molecule has 0 saturated heterocycles. The van der Waals surface area contributed by atoms with Crippen LogP contribution >= 0.6 is 0 Å². The van der Waals surface area contributed by atoms with Crippen LogP contribution in [0.25, 0.3) is 0 Å². The summed E-state index contributed by atoms with van der Waals surface area (Å²) in [7, 11) is 0. The molecule has 2 aromatic carbocycles. The maximum atomic E-state index is 4.62. The number of anilines is 3. The van der Waals surface area contributed by atoms with Crippen LogP contribution in [0.3, 0.4) is 0 Å². The van der Waals surface area contributed by atoms with Crippen LogP contribution < -0.4 is 10.6 Å². The molecule has 1 aromatic heterocycles. The molecule has 3 rings (SSSR count). The van der Waals surface area contributed by atoms with Gasteiger partial charge in [0, 0.05) is 24.0 Å². The molecule has 0 bridgehead atoms. The first-order valence-electron chi connectivity index (χ1n) is 9.23. The second-order valence-corrected chi connectivity index (χ2v) is 6.37. The number of rotatable bonds is 8. The third-order valence-corrected chi connectivity index (χ3v) is 4.28. The van der Waals surface area contributed by atoms with E-state index in [0.29, 0.717) is 5.95 Å². The third kappa shape index (κ3) is 5.06. The van der Waals surface area contributed by atoms with Crippen LogP contribution in [0, 0.1) is 6.92 Å². The van der Waals surface area contributed by atoms with Crippen molar-refractivity contribution in [2.75, 3.05) is 17.2 Å². The van der Waals surface area contributed by atoms with Crippen molar-refractivity contribution in [2.24, 2.45) is 0 Å². The second-order valence-electron chi connectivity index (χ2n) is 6.37. The topological polar surface area (TPSA) is 49.8 Å². The molecule has 0 unspecified atom stereocenters. The van der Waals surface area contributed by atoms with Crippen molar-refractivity contribution in [3.63, 3.8) is 0 Å². The van der Waals surface area contributed by atoms with Gasteiger partial charge in [-0.3, -0.25) is 0 Å². The quantitative estimate of drug-likeness (QED) is 0.555. The van der Waals surface area contributed by atoms with E-state index >= 15 is 0 Å². The van der Waals surface area contributed by atoms with Crippen molar-refractivity contribution in [2.45, 2.75) is 33.1 Å². The molecule has 134 valence electrons. The molecular formula is C22H26N4. The molecule has 3 aromatic rings. The Kier molecular flexibility index (Phi) is 6.20. The van der Waals surface area contributed by atoms with E-state index in [1.807, 2.05) is 25.1 Å². The molecule has 0 radical (unpaired) electrons. The molecule has 0 amide bonds. The van der Waals surface area contributed by atoms with E-state index in [2.05, 4.69) is 70.0 Å². The fourth-order valence-electron chi connectivity index (χ4n) is 2.94. The summed E-state index contributed by atoms with van der Waals surface area (Å²) in [6, 6.07) is 20.8. The highest BCUT2D eigenvalue weighted by molar-refractivity contribution is 5.61. The van der Waals surface area contributed by atoms with Gasteiger partial charge in [-0.1, -0.05) is 55.5 Å². The highest BCUT2D eigenvalue weighted by Crippen LogP contribution is 2.21. The van der Waals surface area contributed by atoms with Gasteiger partial charge in [0.2, 0.25) is 5.95 Å². The number of nitrogens with one attached hydrogen (secondary N) is 2. The van der Waals surface area contributed by atoms with Gasteiger partial charge in [0.05, 0.1) is 0 Å². The van der Waals surface area contributed by atoms with Crippen molar-refractivity contribution in [1.82, 2.24) is 9.97 Å². The molecule has 0 aliphatic heterocycles. The van der Waals surface area contributed by atoms with Crippen LogP contribution in [0.15, 0.2) is 60.7 Å². The van der Waals surface area contributed by atoms with E-state index in [-0.39, 0.29) is 0 Å². The summed E-state index contributed by atoms with van der Waals surface area (Å²) in [5, 5.41) is 6.78. The summed E-state index contributed by atoms with van der Waals surface area (Å²) >= 11 is 0. The molecular weight excluding hydrogens is 320 g/mol. The minimum atomic E-state index is 0.676. The lowest BCUT2D eigenvalue weighted by atomic mass is 10.1. The molecule has 0 atom stereocenters. The van der Waals surface area contributed by atoms with Gasteiger partial charge in [0.15, 0.2) is 0 Å². The summed E-state index contributed by atoms with van der Waals surface area (Å²) < 4.78 is 0. The average Bonchev–Trinajstić information content (AvgIpc) is 2.66. The third-order valence-electron chi connectivity index (χ3n) is 4.28. The van der Waals surface area contributed by atoms with Gasteiger partial charge in [-0.25, -0.2) is 4.98 Å². The lowest BCUT2D eigenvalue weighted by molar-refractivity contribution is 0.851. The first kappa shape index (κ1) is 17.9. The predicted molar refractivity (Wildman–Crippen MR) is 109 cm³/mol. The molecule has 0 saturated carbocycles. The molecule has 1 heterocycles. The van der Waals surface area contributed by atoms with Gasteiger partial charge in [0.25, 0.3) is 0 Å². The number of aromatic nitrogens is 2. The Morgan fingerprint density at radius 3 is 2.50 bits per heavy atom. The van der Waals surface area contributed by atoms with E-state index in [1.54, 1.807) is 0 Å². The smallest absolute Gasteiger partial charge is 0.224 e. The van der Waals surface area contributed by atoms with Crippen LogP contribution in [0.5, 0.6) is 0 Å². The number of nitrogens with zero attached hydrogens (tertiary/aromatic N) is 2. The van der Waals surface area contributed by atoms with Crippen LogP contribution in [-0.2, 0) is 12.8 Å². The largest absolute Gasteiger partial charge is 0.354 e. The van der Waals surface area contributed by atoms with E-state index in [4.69, 9.17) is 0 Å². The van der Waals surface area contributed by atoms with Gasteiger partial charge < -0.3 is 10.6 Å². The first-order chi connectivity index (χ1) is 12.7. The zero-order chi connectivity index (χ0) is 18.2. The summed E-state index contributed by atoms with van der Waals surface area (Å²) in [5.41, 5.74) is 4.68. The summed E-state index contributed by atoms with van der Waals surface area (Å²) in [6.45, 7) is 5.00. The van der Waals surface area contributed by atoms with E-state index < -0.39 is 0 Å². The van der Waals surface area contributed by atoms with Crippen LogP contribution in [0.4, 0.5) is 17.5 Å². The Balaban J connectivity index is 1.60. The van der Waals surface area contributed by atoms with Crippen LogP contribution in [-0.4, -0.2) is 16.5 Å². The predicted octanol–water partition coefficient (Wildman–Crippen LogP) is 5.14. The molecule has 2 N–H and O–H groups in total. The van der Waals surface area contributed by atoms with Crippen molar-refractivity contribution in [1.29, 1.82) is 0 Å². The SMILES string of the molecule is CCc1ccccc1Nc1cc(C)nc(NCCCc2ccccc2)n1. The molecule has 0 aliphatic carbocycles. The fraction of sp³-hybridized carbons (Fsp3) is 0.273. The Morgan fingerprint density at radius 2 is 1.69 bits per heavy atom. The number of aryl methyl sites for hydroxylation is 3. The lowest BCUT2D eigenvalue weighted by Gasteiger charge is -2.12. The zero-order valence-electron chi connectivity index (χ0n) is 15.5. The fourth-order valence-corrected chi connectivity index (χ4v) is 2.94. The maximum Gasteiger partial charge on any atom is 0.224 e. The number of hydrogen-bond acceptors (Lipinski definition) is 4. The van der Waals surface area contributed by atoms with Crippen molar-refractivity contribution >= 4 is 17.5 Å². The Labute approximate surface area is 155 Å². The van der Waals surface area contributed by atoms with Crippen LogP contribution in [0.1, 0.15) is 30.2 Å². The molecule has 0 fully saturated rings. The van der Waals surface area contributed by atoms with Gasteiger partial charge >= 0.3 is 0 Å². The minimum absolute atomic E-state index is 0.676. The van der Waals surface area contributed by atoms with Gasteiger partial charge in [0.1, 0.15) is 5.82 Å². The summed E-state index contributed by atoms with van der Waals surface area (Å²) in [6.07, 6.45) is 3.08. The highest BCUT2D eigenvalue weighted by atomic mass is 15.1. The highest BCUT2D eigenvalue weighted by Gasteiger charge is 2.05. The standard InChI is InChI=1S/C22H26N4/c1-3-19-13-7-8-14-20(19)25-21-16-17(2)24-22(26-21)23-15-9-12-18-10-5-4-6-11-18/h4-8,10-11,13-14,16H,3,9,12,15H2,1-2H3,(H2,23,24,25,26). The Bertz CT molecular complexity index is 831. The summed E-state index contributed by atoms with van der Waals surface area (Å²) in [4.78, 5) is 9.12.